The Morgan fingerprint density at radius 1 is 1.47 bits per heavy atom. The van der Waals surface area contributed by atoms with Gasteiger partial charge in [0.1, 0.15) is 5.82 Å². The van der Waals surface area contributed by atoms with Gasteiger partial charge < -0.3 is 4.98 Å². The fourth-order valence-corrected chi connectivity index (χ4v) is 1.67. The van der Waals surface area contributed by atoms with Crippen molar-refractivity contribution in [2.75, 3.05) is 5.88 Å². The maximum atomic E-state index is 5.60. The molecule has 0 unspecified atom stereocenters. The number of rotatable bonds is 3. The standard InChI is InChI=1S/C12H13ClN2/c1-9-14-11-6-5-10(4-2-3-7-13)8-12(11)15-9/h2,4-6,8H,3,7H2,1H3,(H,14,15). The van der Waals surface area contributed by atoms with Gasteiger partial charge in [0.25, 0.3) is 0 Å². The molecule has 1 heterocycles. The number of halogens is 1. The molecule has 1 aromatic carbocycles. The van der Waals surface area contributed by atoms with Crippen LogP contribution in [-0.4, -0.2) is 15.8 Å². The second-order valence-corrected chi connectivity index (χ2v) is 3.86. The number of imidazole rings is 1. The van der Waals surface area contributed by atoms with Gasteiger partial charge in [-0.1, -0.05) is 18.2 Å². The fourth-order valence-electron chi connectivity index (χ4n) is 1.54. The zero-order valence-corrected chi connectivity index (χ0v) is 9.38. The van der Waals surface area contributed by atoms with Crippen molar-refractivity contribution in [2.24, 2.45) is 0 Å². The number of alkyl halides is 1. The molecular formula is C12H13ClN2. The van der Waals surface area contributed by atoms with Crippen LogP contribution in [-0.2, 0) is 0 Å². The van der Waals surface area contributed by atoms with Crippen molar-refractivity contribution in [3.8, 4) is 0 Å². The molecule has 0 saturated carbocycles. The third kappa shape index (κ3) is 2.39. The Balaban J connectivity index is 2.30. The Kier molecular flexibility index (Phi) is 3.07. The minimum absolute atomic E-state index is 0.669. The minimum atomic E-state index is 0.669. The van der Waals surface area contributed by atoms with Crippen molar-refractivity contribution in [1.82, 2.24) is 9.97 Å². The largest absolute Gasteiger partial charge is 0.342 e. The maximum Gasteiger partial charge on any atom is 0.104 e. The lowest BCUT2D eigenvalue weighted by molar-refractivity contribution is 1.17. The number of aromatic nitrogens is 2. The number of hydrogen-bond donors (Lipinski definition) is 1. The molecule has 3 heteroatoms. The molecule has 2 rings (SSSR count). The van der Waals surface area contributed by atoms with Crippen molar-refractivity contribution in [1.29, 1.82) is 0 Å². The van der Waals surface area contributed by atoms with Gasteiger partial charge in [-0.2, -0.15) is 0 Å². The summed E-state index contributed by atoms with van der Waals surface area (Å²) in [7, 11) is 0. The molecule has 2 aromatic rings. The second kappa shape index (κ2) is 4.49. The number of aryl methyl sites for hydroxylation is 1. The van der Waals surface area contributed by atoms with E-state index in [0.29, 0.717) is 5.88 Å². The Bertz CT molecular complexity index is 485. The highest BCUT2D eigenvalue weighted by atomic mass is 35.5. The van der Waals surface area contributed by atoms with Crippen LogP contribution in [0.25, 0.3) is 17.1 Å². The zero-order valence-electron chi connectivity index (χ0n) is 8.63. The Morgan fingerprint density at radius 3 is 3.13 bits per heavy atom. The number of nitrogens with zero attached hydrogens (tertiary/aromatic N) is 1. The van der Waals surface area contributed by atoms with Crippen LogP contribution in [0, 0.1) is 6.92 Å². The van der Waals surface area contributed by atoms with Gasteiger partial charge in [-0.05, 0) is 31.0 Å². The molecule has 0 aliphatic carbocycles. The molecule has 0 radical (unpaired) electrons. The van der Waals surface area contributed by atoms with Gasteiger partial charge in [-0.15, -0.1) is 11.6 Å². The van der Waals surface area contributed by atoms with Crippen LogP contribution in [0.4, 0.5) is 0 Å². The SMILES string of the molecule is Cc1nc2ccc(C=CCCCl)cc2[nH]1. The molecule has 0 aliphatic rings. The zero-order chi connectivity index (χ0) is 10.7. The van der Waals surface area contributed by atoms with E-state index in [4.69, 9.17) is 11.6 Å². The van der Waals surface area contributed by atoms with Crippen LogP contribution in [0.5, 0.6) is 0 Å². The molecular weight excluding hydrogens is 208 g/mol. The van der Waals surface area contributed by atoms with E-state index in [1.807, 2.05) is 13.0 Å². The van der Waals surface area contributed by atoms with Gasteiger partial charge in [0.2, 0.25) is 0 Å². The first-order valence-corrected chi connectivity index (χ1v) is 5.52. The van der Waals surface area contributed by atoms with E-state index in [1.54, 1.807) is 0 Å². The summed E-state index contributed by atoms with van der Waals surface area (Å²) in [6, 6.07) is 6.19. The lowest BCUT2D eigenvalue weighted by atomic mass is 10.2. The number of aromatic amines is 1. The summed E-state index contributed by atoms with van der Waals surface area (Å²) in [5.41, 5.74) is 3.28. The average Bonchev–Trinajstić information content (AvgIpc) is 2.57. The van der Waals surface area contributed by atoms with Gasteiger partial charge in [0.05, 0.1) is 11.0 Å². The summed E-state index contributed by atoms with van der Waals surface area (Å²) in [5.74, 6) is 1.62. The first-order chi connectivity index (χ1) is 7.29. The van der Waals surface area contributed by atoms with Crippen molar-refractivity contribution in [2.45, 2.75) is 13.3 Å². The minimum Gasteiger partial charge on any atom is -0.342 e. The van der Waals surface area contributed by atoms with Crippen LogP contribution in [0.15, 0.2) is 24.3 Å². The summed E-state index contributed by atoms with van der Waals surface area (Å²) < 4.78 is 0. The molecule has 78 valence electrons. The first kappa shape index (κ1) is 10.2. The summed E-state index contributed by atoms with van der Waals surface area (Å²) in [6.07, 6.45) is 5.07. The van der Waals surface area contributed by atoms with Gasteiger partial charge in [0, 0.05) is 5.88 Å². The van der Waals surface area contributed by atoms with E-state index < -0.39 is 0 Å². The summed E-state index contributed by atoms with van der Waals surface area (Å²) in [5, 5.41) is 0. The van der Waals surface area contributed by atoms with Gasteiger partial charge in [0.15, 0.2) is 0 Å². The van der Waals surface area contributed by atoms with E-state index >= 15 is 0 Å². The average molecular weight is 221 g/mol. The summed E-state index contributed by atoms with van der Waals surface area (Å²) in [4.78, 5) is 7.57. The lowest BCUT2D eigenvalue weighted by Crippen LogP contribution is -1.74. The van der Waals surface area contributed by atoms with Crippen molar-refractivity contribution in [3.05, 3.63) is 35.7 Å². The molecule has 0 bridgehead atoms. The van der Waals surface area contributed by atoms with Crippen molar-refractivity contribution < 1.29 is 0 Å². The molecule has 2 nitrogen and oxygen atoms in total. The molecule has 0 spiro atoms. The number of benzene rings is 1. The topological polar surface area (TPSA) is 28.7 Å². The molecule has 0 fully saturated rings. The Labute approximate surface area is 94.0 Å². The highest BCUT2D eigenvalue weighted by Crippen LogP contribution is 2.14. The van der Waals surface area contributed by atoms with E-state index in [9.17, 15) is 0 Å². The van der Waals surface area contributed by atoms with Gasteiger partial charge in [-0.3, -0.25) is 0 Å². The summed E-state index contributed by atoms with van der Waals surface area (Å²) >= 11 is 5.60. The normalized spacial score (nSPS) is 11.6. The van der Waals surface area contributed by atoms with E-state index in [1.165, 1.54) is 5.56 Å². The number of fused-ring (bicyclic) bond motifs is 1. The first-order valence-electron chi connectivity index (χ1n) is 4.98. The summed E-state index contributed by atoms with van der Waals surface area (Å²) in [6.45, 7) is 1.96. The number of hydrogen-bond acceptors (Lipinski definition) is 1. The highest BCUT2D eigenvalue weighted by molar-refractivity contribution is 6.17. The fraction of sp³-hybridized carbons (Fsp3) is 0.250. The quantitative estimate of drug-likeness (QED) is 0.788. The monoisotopic (exact) mass is 220 g/mol. The maximum absolute atomic E-state index is 5.60. The molecule has 0 amide bonds. The van der Waals surface area contributed by atoms with E-state index in [-0.39, 0.29) is 0 Å². The molecule has 0 atom stereocenters. The second-order valence-electron chi connectivity index (χ2n) is 3.48. The van der Waals surface area contributed by atoms with Crippen LogP contribution in [0.2, 0.25) is 0 Å². The van der Waals surface area contributed by atoms with E-state index in [2.05, 4.69) is 34.3 Å². The van der Waals surface area contributed by atoms with Crippen LogP contribution in [0.3, 0.4) is 0 Å². The van der Waals surface area contributed by atoms with Crippen LogP contribution < -0.4 is 0 Å². The van der Waals surface area contributed by atoms with E-state index in [0.717, 1.165) is 23.3 Å². The molecule has 15 heavy (non-hydrogen) atoms. The lowest BCUT2D eigenvalue weighted by Gasteiger charge is -1.93. The van der Waals surface area contributed by atoms with Crippen LogP contribution in [0.1, 0.15) is 17.8 Å². The highest BCUT2D eigenvalue weighted by Gasteiger charge is 1.98. The molecule has 1 aromatic heterocycles. The Hall–Kier alpha value is -1.28. The number of allylic oxidation sites excluding steroid dienone is 1. The molecule has 1 N–H and O–H groups in total. The van der Waals surface area contributed by atoms with Gasteiger partial charge in [-0.25, -0.2) is 4.98 Å². The van der Waals surface area contributed by atoms with Gasteiger partial charge >= 0.3 is 0 Å². The third-order valence-electron chi connectivity index (χ3n) is 2.21. The van der Waals surface area contributed by atoms with Crippen LogP contribution >= 0.6 is 11.6 Å². The smallest absolute Gasteiger partial charge is 0.104 e. The predicted molar refractivity (Wildman–Crippen MR) is 65.2 cm³/mol. The van der Waals surface area contributed by atoms with Crippen molar-refractivity contribution >= 4 is 28.7 Å². The Morgan fingerprint density at radius 2 is 2.33 bits per heavy atom. The molecule has 0 aliphatic heterocycles. The predicted octanol–water partition coefficient (Wildman–Crippen LogP) is 3.51. The van der Waals surface area contributed by atoms with Crippen molar-refractivity contribution in [3.63, 3.8) is 0 Å². The third-order valence-corrected chi connectivity index (χ3v) is 2.43. The number of H-pyrrole nitrogens is 1. The molecule has 0 saturated heterocycles. The number of nitrogens with one attached hydrogen (secondary N) is 1.